The Morgan fingerprint density at radius 3 is 2.83 bits per heavy atom. The smallest absolute Gasteiger partial charge is 0.230 e. The van der Waals surface area contributed by atoms with E-state index in [0.29, 0.717) is 25.6 Å². The summed E-state index contributed by atoms with van der Waals surface area (Å²) >= 11 is 3.44. The predicted octanol–water partition coefficient (Wildman–Crippen LogP) is 4.12. The molecule has 1 amide bonds. The number of anilines is 1. The van der Waals surface area contributed by atoms with E-state index in [4.69, 9.17) is 10.5 Å². The van der Waals surface area contributed by atoms with Crippen LogP contribution in [0.4, 0.5) is 5.82 Å². The molecule has 192 valence electrons. The number of aryl methyl sites for hydroxylation is 1. The van der Waals surface area contributed by atoms with Crippen molar-refractivity contribution in [1.82, 2.24) is 24.6 Å². The maximum absolute atomic E-state index is 13.6. The Kier molecular flexibility index (Phi) is 8.04. The lowest BCUT2D eigenvalue weighted by atomic mass is 9.88. The average Bonchev–Trinajstić information content (AvgIpc) is 3.46. The van der Waals surface area contributed by atoms with Gasteiger partial charge >= 0.3 is 0 Å². The second-order valence-electron chi connectivity index (χ2n) is 11.5. The number of hydrogen-bond donors (Lipinski definition) is 1. The first-order valence-electron chi connectivity index (χ1n) is 12.6. The molecule has 0 bridgehead atoms. The van der Waals surface area contributed by atoms with Gasteiger partial charge in [-0.25, -0.2) is 9.67 Å². The van der Waals surface area contributed by atoms with E-state index < -0.39 is 8.07 Å². The molecule has 1 saturated heterocycles. The van der Waals surface area contributed by atoms with Crippen LogP contribution in [-0.2, 0) is 35.8 Å². The quantitative estimate of drug-likeness (QED) is 0.266. The zero-order valence-electron chi connectivity index (χ0n) is 21.5. The Bertz CT molecular complexity index is 1060. The van der Waals surface area contributed by atoms with Gasteiger partial charge in [0, 0.05) is 32.5 Å². The van der Waals surface area contributed by atoms with Crippen molar-refractivity contribution < 1.29 is 9.53 Å². The fourth-order valence-corrected chi connectivity index (χ4v) is 6.13. The molecule has 0 spiro atoms. The van der Waals surface area contributed by atoms with E-state index >= 15 is 0 Å². The van der Waals surface area contributed by atoms with Crippen LogP contribution in [0.2, 0.25) is 25.7 Å². The van der Waals surface area contributed by atoms with Crippen molar-refractivity contribution in [3.05, 3.63) is 39.8 Å². The summed E-state index contributed by atoms with van der Waals surface area (Å²) in [5, 5.41) is 4.48. The van der Waals surface area contributed by atoms with Gasteiger partial charge in [0.2, 0.25) is 5.91 Å². The summed E-state index contributed by atoms with van der Waals surface area (Å²) in [6.07, 6.45) is 2.86. The Labute approximate surface area is 218 Å². The number of nitrogens with zero attached hydrogens (tertiary/aromatic N) is 5. The Balaban J connectivity index is 1.28. The van der Waals surface area contributed by atoms with Crippen LogP contribution in [-0.4, -0.2) is 64.8 Å². The SMILES string of the molecule is CC1(C(=O)N2Cc3c(N)nn(COCC[Si](C)(C)C)c3C2)CCN(CCCc2cccc(Br)n2)C1. The summed E-state index contributed by atoms with van der Waals surface area (Å²) in [7, 11) is -1.14. The molecule has 8 nitrogen and oxygen atoms in total. The van der Waals surface area contributed by atoms with Crippen molar-refractivity contribution in [1.29, 1.82) is 0 Å². The molecule has 35 heavy (non-hydrogen) atoms. The number of nitrogens with two attached hydrogens (primary N) is 1. The molecule has 2 aliphatic heterocycles. The number of carbonyl (C=O) groups excluding carboxylic acids is 1. The third kappa shape index (κ3) is 6.52. The standard InChI is InChI=1S/C25H39BrN6O2Si/c1-25(10-12-30(17-25)11-6-8-19-7-5-9-22(26)28-19)24(33)31-15-20-21(16-31)32(29-23(20)27)18-34-13-14-35(2,3)4/h5,7,9H,6,8,10-18H2,1-4H3,(H2,27,29). The van der Waals surface area contributed by atoms with Gasteiger partial charge in [0.25, 0.3) is 0 Å². The van der Waals surface area contributed by atoms with Crippen LogP contribution in [0.5, 0.6) is 0 Å². The molecular formula is C25H39BrN6O2Si. The molecule has 4 heterocycles. The van der Waals surface area contributed by atoms with Gasteiger partial charge in [-0.1, -0.05) is 25.7 Å². The van der Waals surface area contributed by atoms with Crippen LogP contribution in [0.15, 0.2) is 22.8 Å². The number of halogens is 1. The third-order valence-electron chi connectivity index (χ3n) is 7.13. The molecule has 10 heteroatoms. The summed E-state index contributed by atoms with van der Waals surface area (Å²) < 4.78 is 8.63. The Hall–Kier alpha value is -1.75. The van der Waals surface area contributed by atoms with E-state index in [1.807, 2.05) is 21.7 Å². The van der Waals surface area contributed by atoms with E-state index in [9.17, 15) is 4.79 Å². The third-order valence-corrected chi connectivity index (χ3v) is 9.28. The van der Waals surface area contributed by atoms with Gasteiger partial charge < -0.3 is 20.3 Å². The maximum Gasteiger partial charge on any atom is 0.230 e. The lowest BCUT2D eigenvalue weighted by Crippen LogP contribution is -2.42. The van der Waals surface area contributed by atoms with Crippen LogP contribution < -0.4 is 5.73 Å². The highest BCUT2D eigenvalue weighted by molar-refractivity contribution is 9.10. The highest BCUT2D eigenvalue weighted by Gasteiger charge is 2.44. The first kappa shape index (κ1) is 26.3. The van der Waals surface area contributed by atoms with Crippen LogP contribution in [0.1, 0.15) is 36.7 Å². The lowest BCUT2D eigenvalue weighted by Gasteiger charge is -2.29. The van der Waals surface area contributed by atoms with Crippen molar-refractivity contribution in [3.63, 3.8) is 0 Å². The topological polar surface area (TPSA) is 89.5 Å². The van der Waals surface area contributed by atoms with Gasteiger partial charge in [0.15, 0.2) is 5.82 Å². The maximum atomic E-state index is 13.6. The Morgan fingerprint density at radius 2 is 2.09 bits per heavy atom. The zero-order chi connectivity index (χ0) is 25.2. The first-order valence-corrected chi connectivity index (χ1v) is 17.1. The van der Waals surface area contributed by atoms with Gasteiger partial charge in [-0.15, -0.1) is 0 Å². The molecule has 2 aliphatic rings. The number of pyridine rings is 1. The molecule has 0 radical (unpaired) electrons. The highest BCUT2D eigenvalue weighted by atomic mass is 79.9. The van der Waals surface area contributed by atoms with Crippen LogP contribution in [0.25, 0.3) is 0 Å². The fraction of sp³-hybridized carbons (Fsp3) is 0.640. The molecule has 4 rings (SSSR count). The summed E-state index contributed by atoms with van der Waals surface area (Å²) in [6, 6.07) is 7.16. The number of ether oxygens (including phenoxy) is 1. The lowest BCUT2D eigenvalue weighted by molar-refractivity contribution is -0.141. The van der Waals surface area contributed by atoms with Gasteiger partial charge in [-0.3, -0.25) is 4.79 Å². The van der Waals surface area contributed by atoms with Crippen molar-refractivity contribution in [3.8, 4) is 0 Å². The predicted molar refractivity (Wildman–Crippen MR) is 144 cm³/mol. The van der Waals surface area contributed by atoms with Crippen LogP contribution in [0.3, 0.4) is 0 Å². The van der Waals surface area contributed by atoms with Crippen LogP contribution >= 0.6 is 15.9 Å². The Morgan fingerprint density at radius 1 is 1.29 bits per heavy atom. The van der Waals surface area contributed by atoms with Crippen LogP contribution in [0, 0.1) is 5.41 Å². The first-order chi connectivity index (χ1) is 16.5. The van der Waals surface area contributed by atoms with E-state index in [2.05, 4.69) is 63.5 Å². The van der Waals surface area contributed by atoms with Gasteiger partial charge in [0.1, 0.15) is 11.3 Å². The minimum atomic E-state index is -1.14. The average molecular weight is 564 g/mol. The van der Waals surface area contributed by atoms with Crippen molar-refractivity contribution in [2.24, 2.45) is 5.41 Å². The summed E-state index contributed by atoms with van der Waals surface area (Å²) in [5.41, 5.74) is 8.95. The monoisotopic (exact) mass is 562 g/mol. The fourth-order valence-electron chi connectivity index (χ4n) is 4.99. The minimum absolute atomic E-state index is 0.218. The van der Waals surface area contributed by atoms with Gasteiger partial charge in [-0.2, -0.15) is 5.10 Å². The number of nitrogen functional groups attached to an aromatic ring is 1. The number of carbonyl (C=O) groups is 1. The van der Waals surface area contributed by atoms with E-state index in [1.54, 1.807) is 0 Å². The van der Waals surface area contributed by atoms with Crippen molar-refractivity contribution >= 4 is 35.7 Å². The molecule has 0 aliphatic carbocycles. The summed E-state index contributed by atoms with van der Waals surface area (Å²) in [4.78, 5) is 22.5. The highest BCUT2D eigenvalue weighted by Crippen LogP contribution is 2.36. The number of fused-ring (bicyclic) bond motifs is 1. The second-order valence-corrected chi connectivity index (χ2v) is 17.9. The number of hydrogen-bond acceptors (Lipinski definition) is 6. The molecule has 2 aromatic heterocycles. The molecule has 1 atom stereocenters. The van der Waals surface area contributed by atoms with E-state index in [0.717, 1.165) is 73.1 Å². The van der Waals surface area contributed by atoms with Gasteiger partial charge in [0.05, 0.1) is 24.2 Å². The summed E-state index contributed by atoms with van der Waals surface area (Å²) in [5.74, 6) is 0.735. The minimum Gasteiger partial charge on any atom is -0.382 e. The number of aromatic nitrogens is 3. The van der Waals surface area contributed by atoms with Crippen molar-refractivity contribution in [2.75, 3.05) is 32.0 Å². The second kappa shape index (κ2) is 10.7. The largest absolute Gasteiger partial charge is 0.382 e. The number of amides is 1. The number of likely N-dealkylation sites (tertiary alicyclic amines) is 1. The van der Waals surface area contributed by atoms with Gasteiger partial charge in [-0.05, 0) is 73.4 Å². The molecular weight excluding hydrogens is 524 g/mol. The van der Waals surface area contributed by atoms with Crippen molar-refractivity contribution in [2.45, 2.75) is 71.7 Å². The number of rotatable bonds is 10. The molecule has 0 saturated carbocycles. The summed E-state index contributed by atoms with van der Waals surface area (Å²) in [6.45, 7) is 14.1. The molecule has 1 unspecified atom stereocenters. The molecule has 1 fully saturated rings. The zero-order valence-corrected chi connectivity index (χ0v) is 24.1. The molecule has 2 N–H and O–H groups in total. The molecule has 0 aromatic carbocycles. The van der Waals surface area contributed by atoms with E-state index in [1.165, 1.54) is 0 Å². The van der Waals surface area contributed by atoms with E-state index in [-0.39, 0.29) is 11.3 Å². The normalized spacial score (nSPS) is 20.5. The molecule has 2 aromatic rings.